The summed E-state index contributed by atoms with van der Waals surface area (Å²) in [7, 11) is 0. The van der Waals surface area contributed by atoms with Gasteiger partial charge in [0.25, 0.3) is 0 Å². The van der Waals surface area contributed by atoms with Gasteiger partial charge in [-0.3, -0.25) is 4.79 Å². The molecule has 0 aliphatic heterocycles. The fraction of sp³-hybridized carbons (Fsp3) is 0.611. The summed E-state index contributed by atoms with van der Waals surface area (Å²) < 4.78 is 0. The van der Waals surface area contributed by atoms with Crippen LogP contribution >= 0.6 is 0 Å². The van der Waals surface area contributed by atoms with E-state index in [1.54, 1.807) is 12.1 Å². The predicted octanol–water partition coefficient (Wildman–Crippen LogP) is 3.84. The molecule has 4 heteroatoms. The maximum absolute atomic E-state index is 11.8. The fourth-order valence-electron chi connectivity index (χ4n) is 2.37. The molecule has 0 aromatic heterocycles. The first kappa shape index (κ1) is 18.7. The molecule has 0 unspecified atom stereocenters. The molecule has 124 valence electrons. The average molecular weight is 307 g/mol. The van der Waals surface area contributed by atoms with Crippen molar-refractivity contribution in [3.8, 4) is 0 Å². The van der Waals surface area contributed by atoms with Gasteiger partial charge in [-0.25, -0.2) is 0 Å². The molecule has 0 spiro atoms. The van der Waals surface area contributed by atoms with Gasteiger partial charge in [0.2, 0.25) is 5.91 Å². The molecule has 0 radical (unpaired) electrons. The Morgan fingerprint density at radius 2 is 1.64 bits per heavy atom. The smallest absolute Gasteiger partial charge is 0.224 e. The molecule has 0 aliphatic rings. The Kier molecular flexibility index (Phi) is 8.78. The van der Waals surface area contributed by atoms with Gasteiger partial charge in [-0.1, -0.05) is 57.2 Å². The van der Waals surface area contributed by atoms with Gasteiger partial charge in [0, 0.05) is 24.9 Å². The lowest BCUT2D eigenvalue weighted by Gasteiger charge is -2.21. The van der Waals surface area contributed by atoms with Gasteiger partial charge in [-0.05, 0) is 18.6 Å². The average Bonchev–Trinajstić information content (AvgIpc) is 2.50. The molecule has 1 rings (SSSR count). The lowest BCUT2D eigenvalue weighted by molar-refractivity contribution is -0.173. The Morgan fingerprint density at radius 3 is 2.32 bits per heavy atom. The van der Waals surface area contributed by atoms with E-state index in [0.717, 1.165) is 24.9 Å². The van der Waals surface area contributed by atoms with E-state index < -0.39 is 5.79 Å². The minimum absolute atomic E-state index is 0.0701. The first-order valence-electron chi connectivity index (χ1n) is 8.33. The van der Waals surface area contributed by atoms with Crippen molar-refractivity contribution in [3.63, 3.8) is 0 Å². The monoisotopic (exact) mass is 307 g/mol. The molecule has 0 heterocycles. The molecule has 0 bridgehead atoms. The molecule has 0 saturated heterocycles. The number of para-hydroxylation sites is 1. The lowest BCUT2D eigenvalue weighted by atomic mass is 10.0. The Labute approximate surface area is 133 Å². The first-order valence-corrected chi connectivity index (χ1v) is 8.33. The number of carbonyl (C=O) groups is 1. The highest BCUT2D eigenvalue weighted by Crippen LogP contribution is 2.19. The summed E-state index contributed by atoms with van der Waals surface area (Å²) in [6, 6.07) is 9.18. The van der Waals surface area contributed by atoms with Gasteiger partial charge >= 0.3 is 0 Å². The van der Waals surface area contributed by atoms with Crippen molar-refractivity contribution in [1.82, 2.24) is 0 Å². The molecule has 22 heavy (non-hydrogen) atoms. The maximum atomic E-state index is 11.8. The highest BCUT2D eigenvalue weighted by molar-refractivity contribution is 5.90. The summed E-state index contributed by atoms with van der Waals surface area (Å²) in [5.41, 5.74) is 0.727. The predicted molar refractivity (Wildman–Crippen MR) is 89.5 cm³/mol. The van der Waals surface area contributed by atoms with Crippen LogP contribution in [0, 0.1) is 0 Å². The zero-order valence-corrected chi connectivity index (χ0v) is 13.6. The standard InChI is InChI=1S/C18H29NO3/c1-2-3-4-5-6-10-14-18(21,22)15-13-17(20)19-16-11-8-7-9-12-16/h7-9,11-12,21-22H,2-6,10,13-15H2,1H3,(H,19,20). The SMILES string of the molecule is CCCCCCCCC(O)(O)CCC(=O)Nc1ccccc1. The molecule has 0 atom stereocenters. The summed E-state index contributed by atoms with van der Waals surface area (Å²) in [6.07, 6.45) is 7.11. The van der Waals surface area contributed by atoms with E-state index in [2.05, 4.69) is 12.2 Å². The van der Waals surface area contributed by atoms with E-state index in [1.165, 1.54) is 19.3 Å². The van der Waals surface area contributed by atoms with Crippen LogP contribution in [0.1, 0.15) is 64.7 Å². The van der Waals surface area contributed by atoms with Crippen LogP contribution in [-0.2, 0) is 4.79 Å². The molecule has 1 aromatic rings. The maximum Gasteiger partial charge on any atom is 0.224 e. The highest BCUT2D eigenvalue weighted by atomic mass is 16.5. The molecular formula is C18H29NO3. The van der Waals surface area contributed by atoms with E-state index >= 15 is 0 Å². The molecule has 1 amide bonds. The number of rotatable bonds is 11. The Hall–Kier alpha value is -1.39. The van der Waals surface area contributed by atoms with Crippen LogP contribution in [0.25, 0.3) is 0 Å². The van der Waals surface area contributed by atoms with Gasteiger partial charge in [0.05, 0.1) is 0 Å². The Bertz CT molecular complexity index is 418. The summed E-state index contributed by atoms with van der Waals surface area (Å²) >= 11 is 0. The van der Waals surface area contributed by atoms with Gasteiger partial charge in [0.1, 0.15) is 0 Å². The van der Waals surface area contributed by atoms with E-state index in [9.17, 15) is 15.0 Å². The summed E-state index contributed by atoms with van der Waals surface area (Å²) in [6.45, 7) is 2.17. The van der Waals surface area contributed by atoms with Crippen molar-refractivity contribution < 1.29 is 15.0 Å². The van der Waals surface area contributed by atoms with Crippen LogP contribution in [0.15, 0.2) is 30.3 Å². The minimum Gasteiger partial charge on any atom is -0.366 e. The number of carbonyl (C=O) groups excluding carboxylic acids is 1. The van der Waals surface area contributed by atoms with Crippen LogP contribution in [0.4, 0.5) is 5.69 Å². The largest absolute Gasteiger partial charge is 0.366 e. The summed E-state index contributed by atoms with van der Waals surface area (Å²) in [5, 5.41) is 22.6. The lowest BCUT2D eigenvalue weighted by Crippen LogP contribution is -2.29. The van der Waals surface area contributed by atoms with Crippen molar-refractivity contribution in [2.24, 2.45) is 0 Å². The number of amides is 1. The molecule has 3 N–H and O–H groups in total. The van der Waals surface area contributed by atoms with E-state index in [0.29, 0.717) is 6.42 Å². The third-order valence-electron chi connectivity index (χ3n) is 3.74. The van der Waals surface area contributed by atoms with Crippen molar-refractivity contribution in [1.29, 1.82) is 0 Å². The minimum atomic E-state index is -1.74. The molecule has 0 fully saturated rings. The number of aliphatic hydroxyl groups is 2. The van der Waals surface area contributed by atoms with Crippen molar-refractivity contribution in [3.05, 3.63) is 30.3 Å². The van der Waals surface area contributed by atoms with Crippen molar-refractivity contribution in [2.45, 2.75) is 70.5 Å². The summed E-state index contributed by atoms with van der Waals surface area (Å²) in [5.74, 6) is -1.93. The van der Waals surface area contributed by atoms with Crippen molar-refractivity contribution >= 4 is 11.6 Å². The molecular weight excluding hydrogens is 278 g/mol. The Balaban J connectivity index is 2.17. The van der Waals surface area contributed by atoms with Crippen LogP contribution in [0.2, 0.25) is 0 Å². The number of unbranched alkanes of at least 4 members (excludes halogenated alkanes) is 5. The van der Waals surface area contributed by atoms with Gasteiger partial charge in [-0.15, -0.1) is 0 Å². The zero-order chi connectivity index (χ0) is 16.3. The van der Waals surface area contributed by atoms with Crippen LogP contribution < -0.4 is 5.32 Å². The number of nitrogens with one attached hydrogen (secondary N) is 1. The Morgan fingerprint density at radius 1 is 1.00 bits per heavy atom. The van der Waals surface area contributed by atoms with Gasteiger partial charge in [0.15, 0.2) is 5.79 Å². The quantitative estimate of drug-likeness (QED) is 0.430. The van der Waals surface area contributed by atoms with Crippen molar-refractivity contribution in [2.75, 3.05) is 5.32 Å². The number of hydrogen-bond acceptors (Lipinski definition) is 3. The molecule has 0 aliphatic carbocycles. The van der Waals surface area contributed by atoms with E-state index in [-0.39, 0.29) is 18.7 Å². The molecule has 0 saturated carbocycles. The molecule has 4 nitrogen and oxygen atoms in total. The third-order valence-corrected chi connectivity index (χ3v) is 3.74. The topological polar surface area (TPSA) is 69.6 Å². The normalized spacial score (nSPS) is 11.4. The summed E-state index contributed by atoms with van der Waals surface area (Å²) in [4.78, 5) is 11.8. The van der Waals surface area contributed by atoms with E-state index in [1.807, 2.05) is 18.2 Å². The fourth-order valence-corrected chi connectivity index (χ4v) is 2.37. The number of anilines is 1. The second-order valence-electron chi connectivity index (χ2n) is 5.91. The van der Waals surface area contributed by atoms with Gasteiger partial charge in [-0.2, -0.15) is 0 Å². The highest BCUT2D eigenvalue weighted by Gasteiger charge is 2.23. The second kappa shape index (κ2) is 10.4. The first-order chi connectivity index (χ1) is 10.5. The van der Waals surface area contributed by atoms with Crippen LogP contribution in [0.3, 0.4) is 0 Å². The van der Waals surface area contributed by atoms with Gasteiger partial charge < -0.3 is 15.5 Å². The number of benzene rings is 1. The second-order valence-corrected chi connectivity index (χ2v) is 5.91. The van der Waals surface area contributed by atoms with Crippen LogP contribution in [0.5, 0.6) is 0 Å². The third kappa shape index (κ3) is 8.80. The number of hydrogen-bond donors (Lipinski definition) is 3. The van der Waals surface area contributed by atoms with E-state index in [4.69, 9.17) is 0 Å². The van der Waals surface area contributed by atoms with Crippen LogP contribution in [-0.4, -0.2) is 21.9 Å². The molecule has 1 aromatic carbocycles. The zero-order valence-electron chi connectivity index (χ0n) is 13.6.